The van der Waals surface area contributed by atoms with Crippen molar-refractivity contribution in [1.29, 1.82) is 0 Å². The molecule has 1 amide bonds. The van der Waals surface area contributed by atoms with E-state index in [-0.39, 0.29) is 29.9 Å². The summed E-state index contributed by atoms with van der Waals surface area (Å²) in [6.45, 7) is 1.39. The Bertz CT molecular complexity index is 763. The Labute approximate surface area is 183 Å². The summed E-state index contributed by atoms with van der Waals surface area (Å²) >= 11 is 6.00. The van der Waals surface area contributed by atoms with Crippen LogP contribution in [0.4, 0.5) is 0 Å². The van der Waals surface area contributed by atoms with E-state index in [4.69, 9.17) is 11.6 Å². The zero-order chi connectivity index (χ0) is 18.9. The lowest BCUT2D eigenvalue weighted by Crippen LogP contribution is -2.37. The molecule has 2 aromatic carbocycles. The third kappa shape index (κ3) is 7.76. The summed E-state index contributed by atoms with van der Waals surface area (Å²) in [5.41, 5.74) is 2.95. The van der Waals surface area contributed by atoms with Crippen LogP contribution in [0.1, 0.15) is 21.5 Å². The van der Waals surface area contributed by atoms with Crippen LogP contribution in [0.5, 0.6) is 0 Å². The smallest absolute Gasteiger partial charge is 0.253 e. The fourth-order valence-corrected chi connectivity index (χ4v) is 2.66. The molecule has 0 atom stereocenters. The summed E-state index contributed by atoms with van der Waals surface area (Å²) in [4.78, 5) is 17.7. The molecule has 0 aromatic heterocycles. The van der Waals surface area contributed by atoms with Crippen molar-refractivity contribution in [3.05, 3.63) is 70.2 Å². The molecule has 2 rings (SSSR count). The van der Waals surface area contributed by atoms with Crippen LogP contribution in [0.15, 0.2) is 53.5 Å². The molecule has 27 heavy (non-hydrogen) atoms. The molecule has 0 saturated heterocycles. The first kappa shape index (κ1) is 23.2. The van der Waals surface area contributed by atoms with Crippen LogP contribution >= 0.6 is 35.6 Å². The normalized spacial score (nSPS) is 10.7. The van der Waals surface area contributed by atoms with Crippen LogP contribution in [0, 0.1) is 0 Å². The molecule has 0 aliphatic heterocycles. The highest BCUT2D eigenvalue weighted by molar-refractivity contribution is 14.0. The van der Waals surface area contributed by atoms with E-state index in [1.54, 1.807) is 26.0 Å². The largest absolute Gasteiger partial charge is 0.356 e. The third-order valence-electron chi connectivity index (χ3n) is 3.89. The van der Waals surface area contributed by atoms with Gasteiger partial charge in [-0.15, -0.1) is 24.0 Å². The van der Waals surface area contributed by atoms with Crippen molar-refractivity contribution in [3.8, 4) is 0 Å². The number of hydrogen-bond acceptors (Lipinski definition) is 2. The summed E-state index contributed by atoms with van der Waals surface area (Å²) in [7, 11) is 5.24. The van der Waals surface area contributed by atoms with Gasteiger partial charge in [-0.25, -0.2) is 0 Å². The number of hydrogen-bond donors (Lipinski definition) is 2. The summed E-state index contributed by atoms with van der Waals surface area (Å²) in [6, 6.07) is 15.4. The first-order chi connectivity index (χ1) is 12.5. The van der Waals surface area contributed by atoms with Crippen molar-refractivity contribution in [3.63, 3.8) is 0 Å². The van der Waals surface area contributed by atoms with E-state index in [1.165, 1.54) is 5.56 Å². The molecule has 2 aromatic rings. The molecule has 7 heteroatoms. The minimum absolute atomic E-state index is 0. The molecule has 0 unspecified atom stereocenters. The van der Waals surface area contributed by atoms with Gasteiger partial charge in [0.25, 0.3) is 5.91 Å². The maximum absolute atomic E-state index is 11.9. The fraction of sp³-hybridized carbons (Fsp3) is 0.300. The molecule has 2 N–H and O–H groups in total. The Kier molecular flexibility index (Phi) is 10.2. The van der Waals surface area contributed by atoms with Crippen LogP contribution in [0.2, 0.25) is 5.02 Å². The van der Waals surface area contributed by atoms with E-state index < -0.39 is 0 Å². The Morgan fingerprint density at radius 3 is 2.37 bits per heavy atom. The van der Waals surface area contributed by atoms with Gasteiger partial charge in [0.1, 0.15) is 0 Å². The van der Waals surface area contributed by atoms with Gasteiger partial charge in [0.05, 0.1) is 0 Å². The van der Waals surface area contributed by atoms with Gasteiger partial charge in [-0.1, -0.05) is 35.9 Å². The lowest BCUT2D eigenvalue weighted by atomic mass is 10.1. The maximum Gasteiger partial charge on any atom is 0.253 e. The molecule has 0 heterocycles. The van der Waals surface area contributed by atoms with E-state index in [2.05, 4.69) is 21.7 Å². The second-order valence-corrected chi connectivity index (χ2v) is 6.57. The van der Waals surface area contributed by atoms with Gasteiger partial charge in [0, 0.05) is 44.8 Å². The van der Waals surface area contributed by atoms with Crippen molar-refractivity contribution in [1.82, 2.24) is 15.5 Å². The number of carbonyl (C=O) groups excluding carboxylic acids is 1. The molecule has 5 nitrogen and oxygen atoms in total. The molecule has 0 aliphatic carbocycles. The van der Waals surface area contributed by atoms with Gasteiger partial charge in [0.2, 0.25) is 0 Å². The Morgan fingerprint density at radius 2 is 1.78 bits per heavy atom. The van der Waals surface area contributed by atoms with Crippen LogP contribution in [-0.2, 0) is 13.0 Å². The zero-order valence-electron chi connectivity index (χ0n) is 15.8. The monoisotopic (exact) mass is 500 g/mol. The highest BCUT2D eigenvalue weighted by Gasteiger charge is 2.07. The Balaban J connectivity index is 0.00000364. The maximum atomic E-state index is 11.9. The first-order valence-electron chi connectivity index (χ1n) is 8.49. The van der Waals surface area contributed by atoms with Gasteiger partial charge in [-0.2, -0.15) is 0 Å². The third-order valence-corrected chi connectivity index (χ3v) is 4.12. The molecule has 0 saturated carbocycles. The number of amides is 1. The molecule has 0 spiro atoms. The number of carbonyl (C=O) groups is 1. The van der Waals surface area contributed by atoms with Gasteiger partial charge >= 0.3 is 0 Å². The highest BCUT2D eigenvalue weighted by atomic mass is 127. The van der Waals surface area contributed by atoms with Crippen molar-refractivity contribution in [2.75, 3.05) is 27.7 Å². The molecular weight excluding hydrogens is 475 g/mol. The van der Waals surface area contributed by atoms with E-state index in [0.717, 1.165) is 29.5 Å². The van der Waals surface area contributed by atoms with Gasteiger partial charge in [-0.05, 0) is 41.8 Å². The van der Waals surface area contributed by atoms with Crippen molar-refractivity contribution in [2.45, 2.75) is 13.0 Å². The van der Waals surface area contributed by atoms with E-state index >= 15 is 0 Å². The predicted molar refractivity (Wildman–Crippen MR) is 123 cm³/mol. The number of guanidine groups is 1. The summed E-state index contributed by atoms with van der Waals surface area (Å²) in [5.74, 6) is 0.739. The van der Waals surface area contributed by atoms with Crippen LogP contribution in [0.25, 0.3) is 0 Å². The van der Waals surface area contributed by atoms with Crippen molar-refractivity contribution < 1.29 is 4.79 Å². The molecule has 0 bridgehead atoms. The lowest BCUT2D eigenvalue weighted by Gasteiger charge is -2.13. The summed E-state index contributed by atoms with van der Waals surface area (Å²) in [6.07, 6.45) is 0.864. The predicted octanol–water partition coefficient (Wildman–Crippen LogP) is 3.57. The summed E-state index contributed by atoms with van der Waals surface area (Å²) < 4.78 is 0. The number of benzene rings is 2. The molecule has 146 valence electrons. The Morgan fingerprint density at radius 1 is 1.07 bits per heavy atom. The van der Waals surface area contributed by atoms with Gasteiger partial charge < -0.3 is 15.5 Å². The van der Waals surface area contributed by atoms with Crippen LogP contribution in [0.3, 0.4) is 0 Å². The molecular formula is C20H26ClIN4O. The highest BCUT2D eigenvalue weighted by Crippen LogP contribution is 2.10. The Hall–Kier alpha value is -1.80. The van der Waals surface area contributed by atoms with Crippen molar-refractivity contribution >= 4 is 47.4 Å². The lowest BCUT2D eigenvalue weighted by molar-refractivity contribution is 0.0827. The van der Waals surface area contributed by atoms with E-state index in [1.807, 2.05) is 42.5 Å². The first-order valence-corrected chi connectivity index (χ1v) is 8.87. The second-order valence-electron chi connectivity index (χ2n) is 6.13. The number of nitrogens with one attached hydrogen (secondary N) is 2. The van der Waals surface area contributed by atoms with Gasteiger partial charge in [-0.3, -0.25) is 9.79 Å². The van der Waals surface area contributed by atoms with E-state index in [9.17, 15) is 4.79 Å². The SMILES string of the molecule is CN=C(NCCc1cccc(Cl)c1)NCc1ccc(C(=O)N(C)C)cc1.I. The number of aliphatic imine (C=N–C) groups is 1. The average molecular weight is 501 g/mol. The quantitative estimate of drug-likeness (QED) is 0.362. The molecule has 0 aliphatic rings. The number of rotatable bonds is 6. The minimum Gasteiger partial charge on any atom is -0.356 e. The molecule has 0 fully saturated rings. The molecule has 0 radical (unpaired) electrons. The zero-order valence-corrected chi connectivity index (χ0v) is 18.9. The number of halogens is 2. The van der Waals surface area contributed by atoms with Gasteiger partial charge in [0.15, 0.2) is 5.96 Å². The summed E-state index contributed by atoms with van der Waals surface area (Å²) in [5, 5.41) is 7.31. The minimum atomic E-state index is 0. The standard InChI is InChI=1S/C20H25ClN4O.HI/c1-22-20(23-12-11-15-5-4-6-18(21)13-15)24-14-16-7-9-17(10-8-16)19(26)25(2)3;/h4-10,13H,11-12,14H2,1-3H3,(H2,22,23,24);1H. The van der Waals surface area contributed by atoms with Crippen LogP contribution in [-0.4, -0.2) is 44.5 Å². The second kappa shape index (κ2) is 11.8. The van der Waals surface area contributed by atoms with E-state index in [0.29, 0.717) is 12.1 Å². The fourth-order valence-electron chi connectivity index (χ4n) is 2.45. The van der Waals surface area contributed by atoms with Crippen molar-refractivity contribution in [2.24, 2.45) is 4.99 Å². The number of nitrogens with zero attached hydrogens (tertiary/aromatic N) is 2. The van der Waals surface area contributed by atoms with Crippen LogP contribution < -0.4 is 10.6 Å². The topological polar surface area (TPSA) is 56.7 Å². The average Bonchev–Trinajstić information content (AvgIpc) is 2.64.